The van der Waals surface area contributed by atoms with Crippen LogP contribution < -0.4 is 0 Å². The lowest BCUT2D eigenvalue weighted by molar-refractivity contribution is -0.139. The van der Waals surface area contributed by atoms with Crippen molar-refractivity contribution in [3.8, 4) is 0 Å². The van der Waals surface area contributed by atoms with Gasteiger partial charge in [-0.3, -0.25) is 4.79 Å². The van der Waals surface area contributed by atoms with E-state index in [1.54, 1.807) is 0 Å². The molecule has 0 radical (unpaired) electrons. The smallest absolute Gasteiger partial charge is 0.501 e. The van der Waals surface area contributed by atoms with Crippen LogP contribution in [0.4, 0.5) is 0 Å². The lowest BCUT2D eigenvalue weighted by atomic mass is 10.2. The summed E-state index contributed by atoms with van der Waals surface area (Å²) in [7, 11) is -5.01. The van der Waals surface area contributed by atoms with Gasteiger partial charge in [0.1, 0.15) is 0 Å². The third-order valence-electron chi connectivity index (χ3n) is 7.08. The van der Waals surface area contributed by atoms with Crippen LogP contribution in [0.3, 0.4) is 0 Å². The van der Waals surface area contributed by atoms with Gasteiger partial charge in [0.2, 0.25) is 0 Å². The van der Waals surface area contributed by atoms with Crippen molar-refractivity contribution < 1.29 is 22.5 Å². The van der Waals surface area contributed by atoms with Crippen LogP contribution in [0.15, 0.2) is 0 Å². The highest BCUT2D eigenvalue weighted by Crippen LogP contribution is 2.53. The molecule has 1 unspecified atom stereocenters. The maximum Gasteiger partial charge on any atom is 0.501 e. The highest BCUT2D eigenvalue weighted by molar-refractivity contribution is 6.78. The Labute approximate surface area is 187 Å². The van der Waals surface area contributed by atoms with E-state index in [-0.39, 0.29) is 11.9 Å². The lowest BCUT2D eigenvalue weighted by Crippen LogP contribution is -2.51. The molecule has 0 aromatic rings. The van der Waals surface area contributed by atoms with Crippen molar-refractivity contribution in [2.75, 3.05) is 19.8 Å². The van der Waals surface area contributed by atoms with E-state index in [4.69, 9.17) is 17.7 Å². The molecular formula is C23H46O5Si2. The van der Waals surface area contributed by atoms with Gasteiger partial charge < -0.3 is 17.7 Å². The zero-order valence-electron chi connectivity index (χ0n) is 20.2. The first-order valence-corrected chi connectivity index (χ1v) is 16.8. The topological polar surface area (TPSA) is 54.0 Å². The highest BCUT2D eigenvalue weighted by atomic mass is 28.4. The molecule has 2 aliphatic rings. The van der Waals surface area contributed by atoms with E-state index in [9.17, 15) is 4.79 Å². The van der Waals surface area contributed by atoms with Crippen LogP contribution >= 0.6 is 0 Å². The van der Waals surface area contributed by atoms with Crippen molar-refractivity contribution in [1.29, 1.82) is 0 Å². The van der Waals surface area contributed by atoms with Gasteiger partial charge in [-0.2, -0.15) is 0 Å². The summed E-state index contributed by atoms with van der Waals surface area (Å²) in [4.78, 5) is 13.5. The molecule has 2 aliphatic carbocycles. The second kappa shape index (κ2) is 12.7. The summed E-state index contributed by atoms with van der Waals surface area (Å²) in [5, 5.41) is 0. The van der Waals surface area contributed by atoms with Gasteiger partial charge in [0.05, 0.1) is 5.92 Å². The summed E-state index contributed by atoms with van der Waals surface area (Å²) in [6.45, 7) is 11.7. The van der Waals surface area contributed by atoms with Crippen LogP contribution in [0, 0.1) is 5.92 Å². The van der Waals surface area contributed by atoms with E-state index in [2.05, 4.69) is 6.92 Å². The van der Waals surface area contributed by atoms with Crippen molar-refractivity contribution in [1.82, 2.24) is 0 Å². The molecule has 2 rings (SSSR count). The second-order valence-corrected chi connectivity index (χ2v) is 16.1. The molecular weight excluding hydrogens is 412 g/mol. The summed E-state index contributed by atoms with van der Waals surface area (Å²) in [5.74, 6) is -0.280. The molecule has 0 heterocycles. The normalized spacial score (nSPS) is 20.0. The first-order valence-electron chi connectivity index (χ1n) is 12.6. The number of carbonyl (C=O) groups excluding carboxylic acids is 1. The Bertz CT molecular complexity index is 471. The molecule has 7 heteroatoms. The minimum atomic E-state index is -2.86. The molecule has 0 aromatic heterocycles. The van der Waals surface area contributed by atoms with Gasteiger partial charge in [0.25, 0.3) is 14.3 Å². The zero-order valence-corrected chi connectivity index (χ0v) is 22.2. The van der Waals surface area contributed by atoms with E-state index >= 15 is 0 Å². The highest BCUT2D eigenvalue weighted by Gasteiger charge is 2.54. The Kier molecular flexibility index (Phi) is 11.0. The fraction of sp³-hybridized carbons (Fsp3) is 0.957. The molecule has 1 atom stereocenters. The quantitative estimate of drug-likeness (QED) is 0.280. The minimum absolute atomic E-state index is 0.0232. The summed E-state index contributed by atoms with van der Waals surface area (Å²) in [6, 6.07) is 1.64. The van der Waals surface area contributed by atoms with Crippen LogP contribution in [0.1, 0.15) is 92.4 Å². The van der Waals surface area contributed by atoms with Crippen LogP contribution in [0.25, 0.3) is 0 Å². The predicted molar refractivity (Wildman–Crippen MR) is 126 cm³/mol. The first kappa shape index (κ1) is 26.0. The van der Waals surface area contributed by atoms with Crippen molar-refractivity contribution in [3.05, 3.63) is 0 Å². The molecule has 0 spiro atoms. The number of hydrogen-bond acceptors (Lipinski definition) is 5. The standard InChI is InChI=1S/C23H46O5Si2/c1-6-18-29(21-14-10-11-15-21,22-16-12-13-17-22)28-23(24)20(5)19-30(25-7-2,26-8-3)27-9-4/h20-22H,6-19H2,1-5H3. The third-order valence-corrected chi connectivity index (χ3v) is 16.2. The van der Waals surface area contributed by atoms with Crippen molar-refractivity contribution >= 4 is 23.1 Å². The SMILES string of the molecule is CCC[Si](OC(=O)C(C)C[Si](OCC)(OCC)OCC)(C1CCCC1)C1CCCC1. The maximum atomic E-state index is 13.5. The Morgan fingerprint density at radius 2 is 1.27 bits per heavy atom. The van der Waals surface area contributed by atoms with Gasteiger partial charge in [0, 0.05) is 25.9 Å². The van der Waals surface area contributed by atoms with Crippen LogP contribution in [0.5, 0.6) is 0 Å². The summed E-state index contributed by atoms with van der Waals surface area (Å²) in [6.07, 6.45) is 11.4. The summed E-state index contributed by atoms with van der Waals surface area (Å²) < 4.78 is 24.8. The Hall–Kier alpha value is -0.216. The van der Waals surface area contributed by atoms with Gasteiger partial charge in [-0.15, -0.1) is 0 Å². The summed E-state index contributed by atoms with van der Waals surface area (Å²) >= 11 is 0. The van der Waals surface area contributed by atoms with E-state index in [1.807, 2.05) is 27.7 Å². The van der Waals surface area contributed by atoms with E-state index in [1.165, 1.54) is 51.4 Å². The Morgan fingerprint density at radius 3 is 1.63 bits per heavy atom. The lowest BCUT2D eigenvalue weighted by Gasteiger charge is -2.42. The molecule has 0 saturated heterocycles. The largest absolute Gasteiger partial charge is 0.518 e. The van der Waals surface area contributed by atoms with Gasteiger partial charge >= 0.3 is 8.80 Å². The molecule has 0 bridgehead atoms. The summed E-state index contributed by atoms with van der Waals surface area (Å²) in [5.41, 5.74) is 1.31. The maximum absolute atomic E-state index is 13.5. The Balaban J connectivity index is 2.20. The molecule has 0 N–H and O–H groups in total. The second-order valence-electron chi connectivity index (χ2n) is 9.18. The van der Waals surface area contributed by atoms with Crippen LogP contribution in [0.2, 0.25) is 23.2 Å². The molecule has 0 aliphatic heterocycles. The first-order chi connectivity index (χ1) is 14.5. The van der Waals surface area contributed by atoms with Crippen molar-refractivity contribution in [2.24, 2.45) is 5.92 Å². The van der Waals surface area contributed by atoms with Crippen LogP contribution in [-0.4, -0.2) is 42.9 Å². The minimum Gasteiger partial charge on any atom is -0.518 e. The number of rotatable bonds is 14. The molecule has 5 nitrogen and oxygen atoms in total. The molecule has 2 saturated carbocycles. The van der Waals surface area contributed by atoms with E-state index < -0.39 is 17.1 Å². The Morgan fingerprint density at radius 1 is 0.833 bits per heavy atom. The zero-order chi connectivity index (χ0) is 22.0. The molecule has 0 amide bonds. The van der Waals surface area contributed by atoms with Gasteiger partial charge in [-0.1, -0.05) is 46.0 Å². The van der Waals surface area contributed by atoms with Crippen molar-refractivity contribution in [2.45, 2.75) is 116 Å². The van der Waals surface area contributed by atoms with E-state index in [0.717, 1.165) is 12.5 Å². The average Bonchev–Trinajstić information content (AvgIpc) is 3.42. The fourth-order valence-corrected chi connectivity index (χ4v) is 14.8. The van der Waals surface area contributed by atoms with Gasteiger partial charge in [0.15, 0.2) is 0 Å². The molecule has 176 valence electrons. The van der Waals surface area contributed by atoms with Gasteiger partial charge in [-0.05, 0) is 63.6 Å². The average molecular weight is 459 g/mol. The fourth-order valence-electron chi connectivity index (χ4n) is 5.89. The number of hydrogen-bond donors (Lipinski definition) is 0. The number of carbonyl (C=O) groups is 1. The van der Waals surface area contributed by atoms with Gasteiger partial charge in [-0.25, -0.2) is 0 Å². The third kappa shape index (κ3) is 6.40. The molecule has 2 fully saturated rings. The predicted octanol–water partition coefficient (Wildman–Crippen LogP) is 6.46. The van der Waals surface area contributed by atoms with Crippen molar-refractivity contribution in [3.63, 3.8) is 0 Å². The van der Waals surface area contributed by atoms with Crippen LogP contribution in [-0.2, 0) is 22.5 Å². The monoisotopic (exact) mass is 458 g/mol. The van der Waals surface area contributed by atoms with E-state index in [0.29, 0.717) is 36.9 Å². The molecule has 0 aromatic carbocycles. The molecule has 30 heavy (non-hydrogen) atoms.